The first-order chi connectivity index (χ1) is 14.8. The van der Waals surface area contributed by atoms with Crippen LogP contribution in [0.4, 0.5) is 0 Å². The third-order valence-corrected chi connectivity index (χ3v) is 6.28. The molecule has 30 heavy (non-hydrogen) atoms. The lowest BCUT2D eigenvalue weighted by Gasteiger charge is -2.21. The Morgan fingerprint density at radius 1 is 0.700 bits per heavy atom. The number of benzene rings is 2. The molecule has 0 N–H and O–H groups in total. The van der Waals surface area contributed by atoms with E-state index in [-0.39, 0.29) is 11.9 Å². The van der Waals surface area contributed by atoms with Gasteiger partial charge >= 0.3 is 5.97 Å². The number of carbonyl (C=O) groups is 1. The molecule has 0 bridgehead atoms. The van der Waals surface area contributed by atoms with Crippen LogP contribution in [0.25, 0.3) is 11.1 Å². The van der Waals surface area contributed by atoms with E-state index in [2.05, 4.69) is 0 Å². The standard InChI is InChI=1S/C26H32O4/c27-26(22-7-3-1-4-8-22)30-25-17-13-21(14-18-25)20-11-15-24(16-12-20)29-19-28-23-9-5-2-6-10-23/h11-18,22-23H,1-10,19H2. The van der Waals surface area contributed by atoms with Gasteiger partial charge in [-0.25, -0.2) is 0 Å². The van der Waals surface area contributed by atoms with Crippen LogP contribution in [0.3, 0.4) is 0 Å². The van der Waals surface area contributed by atoms with Gasteiger partial charge in [-0.05, 0) is 61.1 Å². The average Bonchev–Trinajstić information content (AvgIpc) is 2.81. The minimum Gasteiger partial charge on any atom is -0.468 e. The molecule has 2 fully saturated rings. The molecule has 0 aromatic heterocycles. The van der Waals surface area contributed by atoms with Crippen molar-refractivity contribution >= 4 is 5.97 Å². The molecule has 4 nitrogen and oxygen atoms in total. The Labute approximate surface area is 179 Å². The number of ether oxygens (including phenoxy) is 3. The summed E-state index contributed by atoms with van der Waals surface area (Å²) >= 11 is 0. The maximum atomic E-state index is 12.3. The van der Waals surface area contributed by atoms with Crippen LogP contribution >= 0.6 is 0 Å². The molecule has 2 aliphatic carbocycles. The Balaban J connectivity index is 1.26. The lowest BCUT2D eigenvalue weighted by atomic mass is 9.89. The van der Waals surface area contributed by atoms with E-state index >= 15 is 0 Å². The number of esters is 1. The van der Waals surface area contributed by atoms with Gasteiger partial charge in [0.15, 0.2) is 6.79 Å². The van der Waals surface area contributed by atoms with Gasteiger partial charge in [-0.1, -0.05) is 62.8 Å². The van der Waals surface area contributed by atoms with E-state index in [0.29, 0.717) is 18.6 Å². The summed E-state index contributed by atoms with van der Waals surface area (Å²) in [4.78, 5) is 12.3. The van der Waals surface area contributed by atoms with Crippen LogP contribution in [0.1, 0.15) is 64.2 Å². The first-order valence-electron chi connectivity index (χ1n) is 11.4. The van der Waals surface area contributed by atoms with Gasteiger partial charge < -0.3 is 14.2 Å². The fourth-order valence-electron chi connectivity index (χ4n) is 4.43. The number of hydrogen-bond donors (Lipinski definition) is 0. The van der Waals surface area contributed by atoms with Crippen LogP contribution in [0.5, 0.6) is 11.5 Å². The summed E-state index contributed by atoms with van der Waals surface area (Å²) in [5, 5.41) is 0. The summed E-state index contributed by atoms with van der Waals surface area (Å²) in [7, 11) is 0. The molecule has 160 valence electrons. The van der Waals surface area contributed by atoms with Crippen molar-refractivity contribution in [2.24, 2.45) is 5.92 Å². The molecule has 2 aromatic rings. The molecule has 0 heterocycles. The zero-order chi connectivity index (χ0) is 20.6. The monoisotopic (exact) mass is 408 g/mol. The van der Waals surface area contributed by atoms with Gasteiger partial charge in [-0.15, -0.1) is 0 Å². The molecular formula is C26H32O4. The van der Waals surface area contributed by atoms with Gasteiger partial charge in [0.1, 0.15) is 11.5 Å². The maximum absolute atomic E-state index is 12.3. The highest BCUT2D eigenvalue weighted by Gasteiger charge is 2.23. The molecule has 4 heteroatoms. The number of hydrogen-bond acceptors (Lipinski definition) is 4. The van der Waals surface area contributed by atoms with E-state index in [1.165, 1.54) is 25.7 Å². The summed E-state index contributed by atoms with van der Waals surface area (Å²) in [5.74, 6) is 1.41. The first-order valence-corrected chi connectivity index (χ1v) is 11.4. The van der Waals surface area contributed by atoms with Gasteiger partial charge in [-0.3, -0.25) is 4.79 Å². The number of rotatable bonds is 7. The van der Waals surface area contributed by atoms with E-state index in [4.69, 9.17) is 14.2 Å². The molecule has 4 rings (SSSR count). The molecule has 0 atom stereocenters. The molecule has 2 saturated carbocycles. The summed E-state index contributed by atoms with van der Waals surface area (Å²) in [6, 6.07) is 15.7. The summed E-state index contributed by atoms with van der Waals surface area (Å²) in [6.07, 6.45) is 11.9. The van der Waals surface area contributed by atoms with Gasteiger partial charge in [0.2, 0.25) is 0 Å². The fourth-order valence-corrected chi connectivity index (χ4v) is 4.43. The van der Waals surface area contributed by atoms with E-state index in [0.717, 1.165) is 55.4 Å². The van der Waals surface area contributed by atoms with Crippen molar-refractivity contribution in [3.05, 3.63) is 48.5 Å². The molecular weight excluding hydrogens is 376 g/mol. The molecule has 0 spiro atoms. The van der Waals surface area contributed by atoms with Crippen LogP contribution in [0.15, 0.2) is 48.5 Å². The second-order valence-electron chi connectivity index (χ2n) is 8.49. The SMILES string of the molecule is O=C(Oc1ccc(-c2ccc(OCOC3CCCCC3)cc2)cc1)C1CCCCC1. The molecule has 0 radical (unpaired) electrons. The number of carbonyl (C=O) groups excluding carboxylic acids is 1. The lowest BCUT2D eigenvalue weighted by molar-refractivity contribution is -0.139. The lowest BCUT2D eigenvalue weighted by Crippen LogP contribution is -2.22. The van der Waals surface area contributed by atoms with E-state index in [1.807, 2.05) is 48.5 Å². The minimum atomic E-state index is -0.0839. The molecule has 0 aliphatic heterocycles. The Morgan fingerprint density at radius 3 is 1.83 bits per heavy atom. The van der Waals surface area contributed by atoms with Gasteiger partial charge in [0.05, 0.1) is 12.0 Å². The zero-order valence-corrected chi connectivity index (χ0v) is 17.7. The van der Waals surface area contributed by atoms with Crippen LogP contribution in [0.2, 0.25) is 0 Å². The predicted molar refractivity (Wildman–Crippen MR) is 118 cm³/mol. The van der Waals surface area contributed by atoms with Crippen LogP contribution in [0, 0.1) is 5.92 Å². The molecule has 2 aliphatic rings. The molecule has 0 saturated heterocycles. The second-order valence-corrected chi connectivity index (χ2v) is 8.49. The Kier molecular flexibility index (Phi) is 7.41. The van der Waals surface area contributed by atoms with Gasteiger partial charge in [-0.2, -0.15) is 0 Å². The van der Waals surface area contributed by atoms with Crippen molar-refractivity contribution in [3.63, 3.8) is 0 Å². The smallest absolute Gasteiger partial charge is 0.314 e. The highest BCUT2D eigenvalue weighted by atomic mass is 16.7. The summed E-state index contributed by atoms with van der Waals surface area (Å²) in [5.41, 5.74) is 2.18. The Bertz CT molecular complexity index is 785. The fraction of sp³-hybridized carbons (Fsp3) is 0.500. The van der Waals surface area contributed by atoms with Crippen LogP contribution in [-0.4, -0.2) is 18.9 Å². The molecule has 2 aromatic carbocycles. The maximum Gasteiger partial charge on any atom is 0.314 e. The largest absolute Gasteiger partial charge is 0.468 e. The summed E-state index contributed by atoms with van der Waals surface area (Å²) < 4.78 is 17.2. The van der Waals surface area contributed by atoms with E-state index in [9.17, 15) is 4.79 Å². The third-order valence-electron chi connectivity index (χ3n) is 6.28. The summed E-state index contributed by atoms with van der Waals surface area (Å²) in [6.45, 7) is 0.311. The van der Waals surface area contributed by atoms with Crippen LogP contribution < -0.4 is 9.47 Å². The van der Waals surface area contributed by atoms with Crippen LogP contribution in [-0.2, 0) is 9.53 Å². The highest BCUT2D eigenvalue weighted by Crippen LogP contribution is 2.28. The Hall–Kier alpha value is -2.33. The predicted octanol–water partition coefficient (Wildman–Crippen LogP) is 6.52. The minimum absolute atomic E-state index is 0.0630. The normalized spacial score (nSPS) is 18.1. The van der Waals surface area contributed by atoms with Crippen molar-refractivity contribution in [2.75, 3.05) is 6.79 Å². The third kappa shape index (κ3) is 5.85. The Morgan fingerprint density at radius 2 is 1.23 bits per heavy atom. The van der Waals surface area contributed by atoms with E-state index in [1.54, 1.807) is 0 Å². The first kappa shape index (κ1) is 20.9. The second kappa shape index (κ2) is 10.6. The molecule has 0 unspecified atom stereocenters. The van der Waals surface area contributed by atoms with E-state index < -0.39 is 0 Å². The molecule has 0 amide bonds. The van der Waals surface area contributed by atoms with Gasteiger partial charge in [0.25, 0.3) is 0 Å². The van der Waals surface area contributed by atoms with Gasteiger partial charge in [0, 0.05) is 0 Å². The van der Waals surface area contributed by atoms with Crippen molar-refractivity contribution in [2.45, 2.75) is 70.3 Å². The average molecular weight is 409 g/mol. The quantitative estimate of drug-likeness (QED) is 0.297. The van der Waals surface area contributed by atoms with Crippen molar-refractivity contribution in [3.8, 4) is 22.6 Å². The van der Waals surface area contributed by atoms with Crippen molar-refractivity contribution in [1.82, 2.24) is 0 Å². The topological polar surface area (TPSA) is 44.8 Å². The highest BCUT2D eigenvalue weighted by molar-refractivity contribution is 5.75. The van der Waals surface area contributed by atoms with Crippen molar-refractivity contribution in [1.29, 1.82) is 0 Å². The zero-order valence-electron chi connectivity index (χ0n) is 17.7. The van der Waals surface area contributed by atoms with Crippen molar-refractivity contribution < 1.29 is 19.0 Å².